The van der Waals surface area contributed by atoms with Crippen molar-refractivity contribution in [2.75, 3.05) is 13.2 Å². The molecular formula is C26H25N5O3. The quantitative estimate of drug-likeness (QED) is 0.328. The summed E-state index contributed by atoms with van der Waals surface area (Å²) in [6.07, 6.45) is 2.25. The molecule has 34 heavy (non-hydrogen) atoms. The number of aromatic nitrogens is 3. The summed E-state index contributed by atoms with van der Waals surface area (Å²) in [5, 5.41) is 10.2. The molecular weight excluding hydrogens is 430 g/mol. The first kappa shape index (κ1) is 23.1. The Hall–Kier alpha value is -4.09. The molecule has 0 unspecified atom stereocenters. The standard InChI is InChI=1S/C26H25N5O3/c1-4-34-14-8-13-30-23(29-25(32)20-11-6-5-9-17(20)2)19(16-27)15-21-24(30)28-22-18(3)10-7-12-31(22)26(21)33/h5-7,9-12,15H,4,8,13-14H2,1-3H3. The molecule has 3 heterocycles. The summed E-state index contributed by atoms with van der Waals surface area (Å²) in [6, 6.07) is 14.4. The van der Waals surface area contributed by atoms with Gasteiger partial charge in [0.25, 0.3) is 11.5 Å². The van der Waals surface area contributed by atoms with Gasteiger partial charge in [0.2, 0.25) is 0 Å². The number of nitriles is 1. The molecule has 0 N–H and O–H groups in total. The molecule has 1 amide bonds. The summed E-state index contributed by atoms with van der Waals surface area (Å²) in [5.74, 6) is -0.457. The van der Waals surface area contributed by atoms with Crippen molar-refractivity contribution < 1.29 is 9.53 Å². The number of rotatable bonds is 6. The van der Waals surface area contributed by atoms with E-state index in [1.165, 1.54) is 10.5 Å². The van der Waals surface area contributed by atoms with Crippen LogP contribution in [0.25, 0.3) is 16.7 Å². The van der Waals surface area contributed by atoms with Gasteiger partial charge >= 0.3 is 0 Å². The highest BCUT2D eigenvalue weighted by molar-refractivity contribution is 5.96. The van der Waals surface area contributed by atoms with Crippen LogP contribution < -0.4 is 11.0 Å². The summed E-state index contributed by atoms with van der Waals surface area (Å²) < 4.78 is 8.64. The predicted octanol–water partition coefficient (Wildman–Crippen LogP) is 3.31. The van der Waals surface area contributed by atoms with E-state index in [0.29, 0.717) is 48.4 Å². The SMILES string of the molecule is CCOCCCn1c(=NC(=O)c2ccccc2C)c(C#N)cc2c(=O)n3cccc(C)c3nc21. The van der Waals surface area contributed by atoms with Gasteiger partial charge in [-0.15, -0.1) is 0 Å². The maximum absolute atomic E-state index is 13.3. The van der Waals surface area contributed by atoms with Crippen LogP contribution in [0.4, 0.5) is 0 Å². The summed E-state index contributed by atoms with van der Waals surface area (Å²) in [7, 11) is 0. The molecule has 172 valence electrons. The maximum Gasteiger partial charge on any atom is 0.279 e. The number of carbonyl (C=O) groups is 1. The maximum atomic E-state index is 13.3. The number of aryl methyl sites for hydroxylation is 3. The van der Waals surface area contributed by atoms with Gasteiger partial charge in [0.1, 0.15) is 17.4 Å². The lowest BCUT2D eigenvalue weighted by Gasteiger charge is -2.14. The third kappa shape index (κ3) is 4.26. The molecule has 0 aliphatic carbocycles. The fourth-order valence-electron chi connectivity index (χ4n) is 3.94. The van der Waals surface area contributed by atoms with Crippen molar-refractivity contribution in [3.63, 3.8) is 0 Å². The highest BCUT2D eigenvalue weighted by atomic mass is 16.5. The minimum atomic E-state index is -0.457. The Morgan fingerprint density at radius 3 is 2.65 bits per heavy atom. The Morgan fingerprint density at radius 2 is 1.91 bits per heavy atom. The van der Waals surface area contributed by atoms with E-state index in [0.717, 1.165) is 11.1 Å². The summed E-state index contributed by atoms with van der Waals surface area (Å²) in [6.45, 7) is 7.07. The number of ether oxygens (including phenoxy) is 1. The first-order valence-electron chi connectivity index (χ1n) is 11.1. The largest absolute Gasteiger partial charge is 0.382 e. The minimum Gasteiger partial charge on any atom is -0.382 e. The Balaban J connectivity index is 2.05. The minimum absolute atomic E-state index is 0.136. The van der Waals surface area contributed by atoms with Gasteiger partial charge in [-0.05, 0) is 56.5 Å². The van der Waals surface area contributed by atoms with E-state index in [1.807, 2.05) is 39.0 Å². The lowest BCUT2D eigenvalue weighted by atomic mass is 10.1. The van der Waals surface area contributed by atoms with Crippen molar-refractivity contribution in [3.8, 4) is 6.07 Å². The van der Waals surface area contributed by atoms with Gasteiger partial charge in [-0.2, -0.15) is 10.3 Å². The Labute approximate surface area is 196 Å². The number of carbonyl (C=O) groups excluding carboxylic acids is 1. The van der Waals surface area contributed by atoms with Crippen LogP contribution in [0.15, 0.2) is 58.4 Å². The van der Waals surface area contributed by atoms with Gasteiger partial charge < -0.3 is 9.30 Å². The normalized spacial score (nSPS) is 11.8. The molecule has 8 nitrogen and oxygen atoms in total. The first-order valence-corrected chi connectivity index (χ1v) is 11.1. The Bertz CT molecular complexity index is 1570. The molecule has 4 aromatic rings. The second kappa shape index (κ2) is 9.81. The smallest absolute Gasteiger partial charge is 0.279 e. The molecule has 0 bridgehead atoms. The summed E-state index contributed by atoms with van der Waals surface area (Å²) in [4.78, 5) is 35.5. The Kier molecular flexibility index (Phi) is 6.66. The van der Waals surface area contributed by atoms with Crippen LogP contribution in [0, 0.1) is 25.2 Å². The van der Waals surface area contributed by atoms with E-state index in [2.05, 4.69) is 11.1 Å². The van der Waals surface area contributed by atoms with Crippen molar-refractivity contribution in [3.05, 3.63) is 86.8 Å². The second-order valence-corrected chi connectivity index (χ2v) is 7.97. The molecule has 0 saturated carbocycles. The Morgan fingerprint density at radius 1 is 1.15 bits per heavy atom. The molecule has 0 aliphatic heterocycles. The van der Waals surface area contributed by atoms with Crippen molar-refractivity contribution in [2.45, 2.75) is 33.7 Å². The van der Waals surface area contributed by atoms with Crippen LogP contribution in [0.2, 0.25) is 0 Å². The molecule has 0 spiro atoms. The molecule has 4 rings (SSSR count). The van der Waals surface area contributed by atoms with E-state index in [9.17, 15) is 14.9 Å². The summed E-state index contributed by atoms with van der Waals surface area (Å²) >= 11 is 0. The number of amides is 1. The number of benzene rings is 1. The fourth-order valence-corrected chi connectivity index (χ4v) is 3.94. The van der Waals surface area contributed by atoms with Crippen molar-refractivity contribution >= 4 is 22.6 Å². The number of fused-ring (bicyclic) bond motifs is 2. The van der Waals surface area contributed by atoms with E-state index in [1.54, 1.807) is 29.0 Å². The van der Waals surface area contributed by atoms with Crippen LogP contribution in [0.1, 0.15) is 40.4 Å². The van der Waals surface area contributed by atoms with Crippen LogP contribution in [-0.2, 0) is 11.3 Å². The van der Waals surface area contributed by atoms with E-state index in [4.69, 9.17) is 9.72 Å². The van der Waals surface area contributed by atoms with Gasteiger partial charge in [0.05, 0.1) is 10.9 Å². The van der Waals surface area contributed by atoms with Crippen LogP contribution in [0.3, 0.4) is 0 Å². The van der Waals surface area contributed by atoms with Crippen molar-refractivity contribution in [1.29, 1.82) is 5.26 Å². The molecule has 3 aromatic heterocycles. The van der Waals surface area contributed by atoms with Crippen molar-refractivity contribution in [2.24, 2.45) is 4.99 Å². The van der Waals surface area contributed by atoms with Crippen LogP contribution in [0.5, 0.6) is 0 Å². The number of hydrogen-bond acceptors (Lipinski definition) is 5. The highest BCUT2D eigenvalue weighted by Crippen LogP contribution is 2.14. The van der Waals surface area contributed by atoms with Gasteiger partial charge in [0, 0.05) is 31.5 Å². The average molecular weight is 456 g/mol. The number of pyridine rings is 2. The molecule has 8 heteroatoms. The third-order valence-electron chi connectivity index (χ3n) is 5.68. The number of nitrogens with zero attached hydrogens (tertiary/aromatic N) is 5. The molecule has 1 aromatic carbocycles. The van der Waals surface area contributed by atoms with E-state index >= 15 is 0 Å². The van der Waals surface area contributed by atoms with Gasteiger partial charge in [-0.3, -0.25) is 14.0 Å². The topological polar surface area (TPSA) is 102 Å². The molecule has 0 radical (unpaired) electrons. The van der Waals surface area contributed by atoms with E-state index < -0.39 is 5.91 Å². The monoisotopic (exact) mass is 455 g/mol. The third-order valence-corrected chi connectivity index (χ3v) is 5.68. The van der Waals surface area contributed by atoms with Crippen LogP contribution >= 0.6 is 0 Å². The van der Waals surface area contributed by atoms with Gasteiger partial charge in [-0.1, -0.05) is 24.3 Å². The highest BCUT2D eigenvalue weighted by Gasteiger charge is 2.16. The second-order valence-electron chi connectivity index (χ2n) is 7.97. The fraction of sp³-hybridized carbons (Fsp3) is 0.269. The molecule has 0 aliphatic rings. The van der Waals surface area contributed by atoms with Gasteiger partial charge in [0.15, 0.2) is 5.49 Å². The zero-order chi connectivity index (χ0) is 24.2. The van der Waals surface area contributed by atoms with E-state index in [-0.39, 0.29) is 16.6 Å². The van der Waals surface area contributed by atoms with Crippen molar-refractivity contribution in [1.82, 2.24) is 14.0 Å². The van der Waals surface area contributed by atoms with Gasteiger partial charge in [-0.25, -0.2) is 4.98 Å². The summed E-state index contributed by atoms with van der Waals surface area (Å²) in [5.41, 5.74) is 3.01. The zero-order valence-electron chi connectivity index (χ0n) is 19.4. The average Bonchev–Trinajstić information content (AvgIpc) is 2.83. The lowest BCUT2D eigenvalue weighted by molar-refractivity contribution is 0.0996. The molecule has 0 saturated heterocycles. The molecule has 0 fully saturated rings. The zero-order valence-corrected chi connectivity index (χ0v) is 19.4. The lowest BCUT2D eigenvalue weighted by Crippen LogP contribution is -2.30. The number of hydrogen-bond donors (Lipinski definition) is 0. The predicted molar refractivity (Wildman–Crippen MR) is 129 cm³/mol. The van der Waals surface area contributed by atoms with Crippen LogP contribution in [-0.4, -0.2) is 33.1 Å². The first-order chi connectivity index (χ1) is 16.5. The molecule has 0 atom stereocenters.